The molecular formula is C10H17N3O2. The monoisotopic (exact) mass is 211 g/mol. The summed E-state index contributed by atoms with van der Waals surface area (Å²) in [6.07, 6.45) is 0.131. The second-order valence-corrected chi connectivity index (χ2v) is 4.78. The molecule has 5 nitrogen and oxygen atoms in total. The Kier molecular flexibility index (Phi) is 2.83. The van der Waals surface area contributed by atoms with Crippen LogP contribution in [-0.2, 0) is 9.59 Å². The van der Waals surface area contributed by atoms with Crippen LogP contribution in [0.3, 0.4) is 0 Å². The molecule has 1 rings (SSSR count). The first-order valence-electron chi connectivity index (χ1n) is 4.87. The Hall–Kier alpha value is -1.39. The first-order valence-corrected chi connectivity index (χ1v) is 4.87. The maximum absolute atomic E-state index is 11.5. The summed E-state index contributed by atoms with van der Waals surface area (Å²) in [6.45, 7) is 5.74. The summed E-state index contributed by atoms with van der Waals surface area (Å²) in [5, 5.41) is 0. The predicted molar refractivity (Wildman–Crippen MR) is 57.3 cm³/mol. The highest BCUT2D eigenvalue weighted by Gasteiger charge is 2.36. The van der Waals surface area contributed by atoms with Gasteiger partial charge in [0.05, 0.1) is 6.42 Å². The molecule has 2 amide bonds. The summed E-state index contributed by atoms with van der Waals surface area (Å²) in [7, 11) is 1.47. The van der Waals surface area contributed by atoms with E-state index in [1.54, 1.807) is 0 Å². The summed E-state index contributed by atoms with van der Waals surface area (Å²) in [5.74, 6) is -0.0633. The average Bonchev–Trinajstić information content (AvgIpc) is 2.32. The van der Waals surface area contributed by atoms with Gasteiger partial charge in [0.15, 0.2) is 0 Å². The Morgan fingerprint density at radius 1 is 1.47 bits per heavy atom. The number of likely N-dealkylation sites (N-methyl/N-ethyl adjacent to an activating group) is 1. The highest BCUT2D eigenvalue weighted by Crippen LogP contribution is 2.18. The van der Waals surface area contributed by atoms with Gasteiger partial charge >= 0.3 is 0 Å². The number of amides is 2. The number of nitrogens with zero attached hydrogens (tertiary/aromatic N) is 2. The van der Waals surface area contributed by atoms with Crippen molar-refractivity contribution < 1.29 is 9.59 Å². The quantitative estimate of drug-likeness (QED) is 0.381. The van der Waals surface area contributed by atoms with Crippen molar-refractivity contribution >= 4 is 17.6 Å². The highest BCUT2D eigenvalue weighted by molar-refractivity contribution is 6.06. The molecule has 1 aliphatic rings. The van der Waals surface area contributed by atoms with Crippen LogP contribution in [0.4, 0.5) is 0 Å². The van der Waals surface area contributed by atoms with Crippen molar-refractivity contribution in [2.24, 2.45) is 16.1 Å². The zero-order valence-electron chi connectivity index (χ0n) is 9.57. The lowest BCUT2D eigenvalue weighted by Crippen LogP contribution is -2.33. The van der Waals surface area contributed by atoms with E-state index in [4.69, 9.17) is 5.73 Å². The summed E-state index contributed by atoms with van der Waals surface area (Å²) in [6, 6.07) is -0.623. The van der Waals surface area contributed by atoms with Crippen LogP contribution in [0.5, 0.6) is 0 Å². The molecule has 1 saturated heterocycles. The fraction of sp³-hybridized carbons (Fsp3) is 0.700. The van der Waals surface area contributed by atoms with E-state index in [-0.39, 0.29) is 23.7 Å². The van der Waals surface area contributed by atoms with Gasteiger partial charge in [0.1, 0.15) is 11.9 Å². The van der Waals surface area contributed by atoms with Crippen molar-refractivity contribution in [3.8, 4) is 0 Å². The summed E-state index contributed by atoms with van der Waals surface area (Å²) in [5.41, 5.74) is 5.48. The molecule has 1 unspecified atom stereocenters. The smallest absolute Gasteiger partial charge is 0.254 e. The molecule has 1 heterocycles. The van der Waals surface area contributed by atoms with Gasteiger partial charge < -0.3 is 5.73 Å². The van der Waals surface area contributed by atoms with Crippen molar-refractivity contribution in [1.82, 2.24) is 4.90 Å². The van der Waals surface area contributed by atoms with Crippen LogP contribution >= 0.6 is 0 Å². The van der Waals surface area contributed by atoms with Gasteiger partial charge in [-0.15, -0.1) is 0 Å². The normalized spacial score (nSPS) is 23.9. The molecule has 2 N–H and O–H groups in total. The number of imide groups is 1. The SMILES string of the molecule is CN1C(=O)CC(N=C(N)C(C)(C)C)C1=O. The lowest BCUT2D eigenvalue weighted by molar-refractivity contribution is -0.136. The minimum Gasteiger partial charge on any atom is -0.387 e. The molecule has 0 spiro atoms. The molecule has 0 aromatic carbocycles. The molecule has 0 aromatic rings. The van der Waals surface area contributed by atoms with Gasteiger partial charge in [0.2, 0.25) is 5.91 Å². The first-order chi connectivity index (χ1) is 6.73. The molecule has 1 aliphatic heterocycles. The van der Waals surface area contributed by atoms with E-state index in [9.17, 15) is 9.59 Å². The number of amidine groups is 1. The fourth-order valence-corrected chi connectivity index (χ4v) is 1.20. The molecule has 0 aromatic heterocycles. The molecule has 84 valence electrons. The van der Waals surface area contributed by atoms with Gasteiger partial charge in [0.25, 0.3) is 5.91 Å². The maximum Gasteiger partial charge on any atom is 0.254 e. The zero-order valence-corrected chi connectivity index (χ0v) is 9.57. The van der Waals surface area contributed by atoms with Gasteiger partial charge in [-0.05, 0) is 0 Å². The summed E-state index contributed by atoms with van der Waals surface area (Å²) >= 11 is 0. The van der Waals surface area contributed by atoms with Crippen LogP contribution in [0, 0.1) is 5.41 Å². The Bertz CT molecular complexity index is 328. The van der Waals surface area contributed by atoms with Crippen molar-refractivity contribution in [3.63, 3.8) is 0 Å². The third-order valence-electron chi connectivity index (χ3n) is 2.42. The second-order valence-electron chi connectivity index (χ2n) is 4.78. The van der Waals surface area contributed by atoms with Crippen molar-refractivity contribution in [3.05, 3.63) is 0 Å². The predicted octanol–water partition coefficient (Wildman–Crippen LogP) is 0.147. The standard InChI is InChI=1S/C10H17N3O2/c1-10(2,3)9(11)12-6-5-7(14)13(4)8(6)15/h6H,5H2,1-4H3,(H2,11,12). The Labute approximate surface area is 89.3 Å². The van der Waals surface area contributed by atoms with Gasteiger partial charge in [-0.3, -0.25) is 19.5 Å². The van der Waals surface area contributed by atoms with Crippen LogP contribution < -0.4 is 5.73 Å². The second kappa shape index (κ2) is 3.64. The number of hydrogen-bond acceptors (Lipinski definition) is 3. The molecule has 0 aliphatic carbocycles. The van der Waals surface area contributed by atoms with E-state index in [2.05, 4.69) is 4.99 Å². The Morgan fingerprint density at radius 3 is 2.33 bits per heavy atom. The van der Waals surface area contributed by atoms with E-state index >= 15 is 0 Å². The van der Waals surface area contributed by atoms with E-state index in [1.165, 1.54) is 7.05 Å². The Morgan fingerprint density at radius 2 is 2.00 bits per heavy atom. The van der Waals surface area contributed by atoms with Crippen molar-refractivity contribution in [2.45, 2.75) is 33.2 Å². The van der Waals surface area contributed by atoms with E-state index in [0.29, 0.717) is 5.84 Å². The highest BCUT2D eigenvalue weighted by atomic mass is 16.2. The number of aliphatic imine (C=N–C) groups is 1. The van der Waals surface area contributed by atoms with Gasteiger partial charge in [-0.1, -0.05) is 20.8 Å². The van der Waals surface area contributed by atoms with Crippen LogP contribution in [0.1, 0.15) is 27.2 Å². The lowest BCUT2D eigenvalue weighted by Gasteiger charge is -2.18. The van der Waals surface area contributed by atoms with E-state index in [1.807, 2.05) is 20.8 Å². The van der Waals surface area contributed by atoms with Crippen molar-refractivity contribution in [2.75, 3.05) is 7.05 Å². The molecule has 0 bridgehead atoms. The molecular weight excluding hydrogens is 194 g/mol. The van der Waals surface area contributed by atoms with Crippen LogP contribution in [-0.4, -0.2) is 35.6 Å². The van der Waals surface area contributed by atoms with Crippen molar-refractivity contribution in [1.29, 1.82) is 0 Å². The molecule has 1 atom stereocenters. The largest absolute Gasteiger partial charge is 0.387 e. The minimum absolute atomic E-state index is 0.131. The van der Waals surface area contributed by atoms with E-state index in [0.717, 1.165) is 4.90 Å². The summed E-state index contributed by atoms with van der Waals surface area (Å²) in [4.78, 5) is 28.0. The lowest BCUT2D eigenvalue weighted by atomic mass is 9.95. The molecule has 15 heavy (non-hydrogen) atoms. The zero-order chi connectivity index (χ0) is 11.8. The number of rotatable bonds is 1. The summed E-state index contributed by atoms with van der Waals surface area (Å²) < 4.78 is 0. The number of carbonyl (C=O) groups is 2. The van der Waals surface area contributed by atoms with Crippen LogP contribution in [0.25, 0.3) is 0 Å². The van der Waals surface area contributed by atoms with Gasteiger partial charge in [0, 0.05) is 12.5 Å². The van der Waals surface area contributed by atoms with E-state index < -0.39 is 6.04 Å². The maximum atomic E-state index is 11.5. The molecule has 5 heteroatoms. The topological polar surface area (TPSA) is 75.8 Å². The molecule has 0 saturated carbocycles. The van der Waals surface area contributed by atoms with Crippen LogP contribution in [0.2, 0.25) is 0 Å². The number of nitrogens with two attached hydrogens (primary N) is 1. The first kappa shape index (κ1) is 11.7. The van der Waals surface area contributed by atoms with Crippen LogP contribution in [0.15, 0.2) is 4.99 Å². The molecule has 0 radical (unpaired) electrons. The van der Waals surface area contributed by atoms with Gasteiger partial charge in [-0.2, -0.15) is 0 Å². The third kappa shape index (κ3) is 2.34. The number of carbonyl (C=O) groups excluding carboxylic acids is 2. The minimum atomic E-state index is -0.623. The number of likely N-dealkylation sites (tertiary alicyclic amines) is 1. The third-order valence-corrected chi connectivity index (χ3v) is 2.42. The average molecular weight is 211 g/mol. The fourth-order valence-electron chi connectivity index (χ4n) is 1.20. The Balaban J connectivity index is 2.85. The molecule has 1 fully saturated rings. The van der Waals surface area contributed by atoms with Gasteiger partial charge in [-0.25, -0.2) is 0 Å². The number of hydrogen-bond donors (Lipinski definition) is 1.